The van der Waals surface area contributed by atoms with Crippen LogP contribution >= 0.6 is 0 Å². The van der Waals surface area contributed by atoms with Crippen LogP contribution < -0.4 is 0 Å². The third kappa shape index (κ3) is 3.95. The van der Waals surface area contributed by atoms with Crippen LogP contribution in [-0.2, 0) is 4.57 Å². The zero-order valence-electron chi connectivity index (χ0n) is 2.32. The van der Waals surface area contributed by atoms with E-state index in [0.717, 1.165) is 0 Å². The molecule has 0 spiro atoms. The average Bonchev–Trinajstić information content (AvgIpc) is 1.41. The Kier molecular flexibility index (Phi) is 3.91. The van der Waals surface area contributed by atoms with Crippen LogP contribution in [0.2, 0.25) is 0 Å². The van der Waals surface area contributed by atoms with E-state index in [1.54, 1.807) is 0 Å². The van der Waals surface area contributed by atoms with Crippen LogP contribution in [0.1, 0.15) is 0 Å². The summed E-state index contributed by atoms with van der Waals surface area (Å²) in [7, 11) is -0.500. The molecule has 2 radical (unpaired) electrons. The summed E-state index contributed by atoms with van der Waals surface area (Å²) in [6.07, 6.45) is 0. The van der Waals surface area contributed by atoms with Crippen molar-refractivity contribution in [3.63, 3.8) is 0 Å². The standard InChI is InChI=1S/B2F2O/c3-1-5-2-4. The number of halogens is 2. The largest absolute Gasteiger partial charge is 0.521 e. The van der Waals surface area contributed by atoms with Gasteiger partial charge in [0.2, 0.25) is 0 Å². The number of hydrogen-bond donors (Lipinski definition) is 0. The van der Waals surface area contributed by atoms with Crippen molar-refractivity contribution in [2.75, 3.05) is 0 Å². The molecule has 0 amide bonds. The fraction of sp³-hybridized carbons (Fsp3) is 0. The zero-order valence-corrected chi connectivity index (χ0v) is 2.32. The highest BCUT2D eigenvalue weighted by Crippen LogP contribution is 1.63. The summed E-state index contributed by atoms with van der Waals surface area (Å²) >= 11 is 0. The summed E-state index contributed by atoms with van der Waals surface area (Å²) in [5.74, 6) is 0. The van der Waals surface area contributed by atoms with Gasteiger partial charge in [0.05, 0.1) is 0 Å². The van der Waals surface area contributed by atoms with Gasteiger partial charge in [-0.05, 0) is 0 Å². The lowest BCUT2D eigenvalue weighted by Gasteiger charge is -1.73. The first-order valence-electron chi connectivity index (χ1n) is 0.908. The van der Waals surface area contributed by atoms with Crippen molar-refractivity contribution in [2.45, 2.75) is 0 Å². The predicted molar refractivity (Wildman–Crippen MR) is 14.8 cm³/mol. The highest BCUT2D eigenvalue weighted by molar-refractivity contribution is 6.33. The maximum absolute atomic E-state index is 10.4. The van der Waals surface area contributed by atoms with Crippen molar-refractivity contribution in [1.82, 2.24) is 0 Å². The Morgan fingerprint density at radius 2 is 1.60 bits per heavy atom. The van der Waals surface area contributed by atoms with Crippen LogP contribution in [0, 0.1) is 0 Å². The van der Waals surface area contributed by atoms with Crippen LogP contribution in [0.5, 0.6) is 0 Å². The van der Waals surface area contributed by atoms with Gasteiger partial charge < -0.3 is 4.57 Å². The fourth-order valence-electron chi connectivity index (χ4n) is 0.0194. The van der Waals surface area contributed by atoms with Crippen molar-refractivity contribution >= 4 is 15.5 Å². The minimum absolute atomic E-state index is 0.250. The highest BCUT2D eigenvalue weighted by Gasteiger charge is 1.86. The van der Waals surface area contributed by atoms with Gasteiger partial charge in [-0.25, -0.2) is 0 Å². The Morgan fingerprint density at radius 3 is 1.60 bits per heavy atom. The molecule has 26 valence electrons. The Bertz CT molecular complexity index is 15.1. The molecular formula is B2F2O. The van der Waals surface area contributed by atoms with Crippen LogP contribution in [0.15, 0.2) is 0 Å². The van der Waals surface area contributed by atoms with Crippen molar-refractivity contribution in [2.24, 2.45) is 0 Å². The van der Waals surface area contributed by atoms with E-state index in [-0.39, 0.29) is 15.5 Å². The molecule has 5 heteroatoms. The fourth-order valence-corrected chi connectivity index (χ4v) is 0.0194. The summed E-state index contributed by atoms with van der Waals surface area (Å²) in [6.45, 7) is 0. The molecule has 1 nitrogen and oxygen atoms in total. The van der Waals surface area contributed by atoms with Crippen molar-refractivity contribution in [3.05, 3.63) is 0 Å². The first kappa shape index (κ1) is 4.95. The van der Waals surface area contributed by atoms with Crippen LogP contribution in [0.25, 0.3) is 0 Å². The summed E-state index contributed by atoms with van der Waals surface area (Å²) < 4.78 is 24.0. The van der Waals surface area contributed by atoms with Crippen LogP contribution in [0.4, 0.5) is 8.63 Å². The molecule has 0 aliphatic rings. The molecule has 0 aromatic rings. The predicted octanol–water partition coefficient (Wildman–Crippen LogP) is 0.0104. The molecule has 0 atom stereocenters. The Balaban J connectivity index is 2.19. The second kappa shape index (κ2) is 3.95. The van der Waals surface area contributed by atoms with Gasteiger partial charge in [-0.15, -0.1) is 0 Å². The maximum atomic E-state index is 10.4. The SMILES string of the molecule is F[B]O[B]F. The van der Waals surface area contributed by atoms with Gasteiger partial charge in [0.15, 0.2) is 0 Å². The van der Waals surface area contributed by atoms with Gasteiger partial charge in [-0.2, -0.15) is 0 Å². The second-order valence-electron chi connectivity index (χ2n) is 0.314. The molecule has 5 heavy (non-hydrogen) atoms. The van der Waals surface area contributed by atoms with E-state index in [1.165, 1.54) is 0 Å². The third-order valence-corrected chi connectivity index (χ3v) is 0.103. The molecule has 0 heterocycles. The molecule has 0 aliphatic heterocycles. The summed E-state index contributed by atoms with van der Waals surface area (Å²) in [5.41, 5.74) is 0. The highest BCUT2D eigenvalue weighted by atomic mass is 19.1. The van der Waals surface area contributed by atoms with E-state index >= 15 is 0 Å². The zero-order chi connectivity index (χ0) is 4.12. The summed E-state index contributed by atoms with van der Waals surface area (Å²) in [5, 5.41) is 0. The van der Waals surface area contributed by atoms with Crippen molar-refractivity contribution < 1.29 is 13.2 Å². The van der Waals surface area contributed by atoms with Crippen molar-refractivity contribution in [3.8, 4) is 0 Å². The normalized spacial score (nSPS) is 6.80. The topological polar surface area (TPSA) is 9.23 Å². The van der Waals surface area contributed by atoms with E-state index in [0.29, 0.717) is 0 Å². The number of hydrogen-bond acceptors (Lipinski definition) is 1. The lowest BCUT2D eigenvalue weighted by molar-refractivity contribution is 0.521. The second-order valence-corrected chi connectivity index (χ2v) is 0.314. The Hall–Kier alpha value is -0.0501. The molecule has 0 rings (SSSR count). The summed E-state index contributed by atoms with van der Waals surface area (Å²) in [6, 6.07) is 0. The van der Waals surface area contributed by atoms with Gasteiger partial charge in [0.1, 0.15) is 0 Å². The minimum Gasteiger partial charge on any atom is -0.448 e. The van der Waals surface area contributed by atoms with Crippen LogP contribution in [-0.4, -0.2) is 15.5 Å². The molecule has 0 fully saturated rings. The van der Waals surface area contributed by atoms with E-state index in [4.69, 9.17) is 0 Å². The molecule has 0 bridgehead atoms. The lowest BCUT2D eigenvalue weighted by Crippen LogP contribution is -1.90. The molecular weight excluding hydrogens is 75.6 g/mol. The van der Waals surface area contributed by atoms with Gasteiger partial charge in [0.25, 0.3) is 0 Å². The molecule has 0 unspecified atom stereocenters. The van der Waals surface area contributed by atoms with Gasteiger partial charge >= 0.3 is 15.5 Å². The van der Waals surface area contributed by atoms with Gasteiger partial charge in [-0.3, -0.25) is 8.63 Å². The first-order valence-corrected chi connectivity index (χ1v) is 0.908. The van der Waals surface area contributed by atoms with Crippen LogP contribution in [0.3, 0.4) is 0 Å². The lowest BCUT2D eigenvalue weighted by atomic mass is 10.3. The first-order chi connectivity index (χ1) is 2.41. The van der Waals surface area contributed by atoms with Gasteiger partial charge in [0, 0.05) is 0 Å². The van der Waals surface area contributed by atoms with Crippen molar-refractivity contribution in [1.29, 1.82) is 0 Å². The summed E-state index contributed by atoms with van der Waals surface area (Å²) in [4.78, 5) is 0. The Labute approximate surface area is 30.0 Å². The monoisotopic (exact) mass is 76.0 g/mol. The minimum atomic E-state index is -0.250. The van der Waals surface area contributed by atoms with Gasteiger partial charge in [-0.1, -0.05) is 0 Å². The van der Waals surface area contributed by atoms with E-state index in [2.05, 4.69) is 4.57 Å². The number of rotatable bonds is 2. The van der Waals surface area contributed by atoms with E-state index < -0.39 is 0 Å². The van der Waals surface area contributed by atoms with E-state index in [9.17, 15) is 8.63 Å². The molecule has 0 N–H and O–H groups in total. The maximum Gasteiger partial charge on any atom is 0.521 e. The molecule has 0 saturated carbocycles. The molecule has 0 aromatic heterocycles. The Morgan fingerprint density at radius 1 is 1.20 bits per heavy atom. The molecule has 0 saturated heterocycles. The average molecular weight is 75.6 g/mol. The quantitative estimate of drug-likeness (QED) is 0.420. The molecule has 0 aromatic carbocycles. The smallest absolute Gasteiger partial charge is 0.448 e. The van der Waals surface area contributed by atoms with E-state index in [1.807, 2.05) is 0 Å². The molecule has 0 aliphatic carbocycles. The third-order valence-electron chi connectivity index (χ3n) is 0.103.